The van der Waals surface area contributed by atoms with E-state index in [4.69, 9.17) is 4.74 Å². The zero-order valence-electron chi connectivity index (χ0n) is 18.5. The molecule has 6 heteroatoms. The van der Waals surface area contributed by atoms with E-state index in [-0.39, 0.29) is 28.5 Å². The number of rotatable bonds is 4. The summed E-state index contributed by atoms with van der Waals surface area (Å²) in [6.07, 6.45) is 11.1. The summed E-state index contributed by atoms with van der Waals surface area (Å²) in [6, 6.07) is 11.3. The van der Waals surface area contributed by atoms with Gasteiger partial charge < -0.3 is 9.64 Å². The topological polar surface area (TPSA) is 72.7 Å². The maximum atomic E-state index is 12.7. The largest absolute Gasteiger partial charge is 0.462 e. The maximum absolute atomic E-state index is 12.7. The van der Waals surface area contributed by atoms with Crippen LogP contribution in [0.4, 0.5) is 11.4 Å². The van der Waals surface area contributed by atoms with Gasteiger partial charge in [0.05, 0.1) is 23.1 Å². The molecule has 5 atom stereocenters. The Bertz CT molecular complexity index is 1180. The van der Waals surface area contributed by atoms with Gasteiger partial charge in [-0.2, -0.15) is 0 Å². The Kier molecular flexibility index (Phi) is 4.64. The lowest BCUT2D eigenvalue weighted by Gasteiger charge is -2.51. The van der Waals surface area contributed by atoms with Crippen molar-refractivity contribution in [3.63, 3.8) is 0 Å². The van der Waals surface area contributed by atoms with Crippen molar-refractivity contribution < 1.29 is 14.5 Å². The molecule has 0 spiro atoms. The minimum Gasteiger partial charge on any atom is -0.462 e. The molecule has 0 fully saturated rings. The van der Waals surface area contributed by atoms with Gasteiger partial charge >= 0.3 is 5.97 Å². The first-order valence-corrected chi connectivity index (χ1v) is 11.8. The highest BCUT2D eigenvalue weighted by molar-refractivity contribution is 5.92. The summed E-state index contributed by atoms with van der Waals surface area (Å²) in [5.74, 6) is 1.06. The van der Waals surface area contributed by atoms with Gasteiger partial charge in [0.2, 0.25) is 0 Å². The quantitative estimate of drug-likeness (QED) is 0.264. The van der Waals surface area contributed by atoms with Gasteiger partial charge in [-0.3, -0.25) is 10.1 Å². The van der Waals surface area contributed by atoms with Crippen LogP contribution in [0.25, 0.3) is 0 Å². The zero-order valence-corrected chi connectivity index (χ0v) is 18.5. The molecule has 6 nitrogen and oxygen atoms in total. The fraction of sp³-hybridized carbons (Fsp3) is 0.370. The third-order valence-electron chi connectivity index (χ3n) is 7.81. The Balaban J connectivity index is 1.52. The third-order valence-corrected chi connectivity index (χ3v) is 7.81. The van der Waals surface area contributed by atoms with Gasteiger partial charge in [0.1, 0.15) is 0 Å². The van der Waals surface area contributed by atoms with E-state index in [2.05, 4.69) is 29.2 Å². The average molecular weight is 443 g/mol. The van der Waals surface area contributed by atoms with Crippen molar-refractivity contribution in [2.75, 3.05) is 18.1 Å². The molecule has 2 aliphatic carbocycles. The molecule has 0 saturated heterocycles. The Labute approximate surface area is 192 Å². The highest BCUT2D eigenvalue weighted by atomic mass is 16.6. The molecule has 6 rings (SSSR count). The summed E-state index contributed by atoms with van der Waals surface area (Å²) < 4.78 is 5.36. The van der Waals surface area contributed by atoms with Crippen LogP contribution in [-0.4, -0.2) is 24.0 Å². The number of nitro benzene ring substituents is 1. The molecule has 0 saturated carbocycles. The van der Waals surface area contributed by atoms with Gasteiger partial charge in [0.25, 0.3) is 5.69 Å². The van der Waals surface area contributed by atoms with Crippen molar-refractivity contribution in [2.24, 2.45) is 11.8 Å². The van der Waals surface area contributed by atoms with Crippen molar-refractivity contribution in [3.8, 4) is 0 Å². The zero-order chi connectivity index (χ0) is 22.7. The van der Waals surface area contributed by atoms with Gasteiger partial charge in [-0.15, -0.1) is 0 Å². The molecule has 0 unspecified atom stereocenters. The molecule has 168 valence electrons. The fourth-order valence-corrected chi connectivity index (χ4v) is 6.48. The van der Waals surface area contributed by atoms with Crippen molar-refractivity contribution >= 4 is 17.3 Å². The number of anilines is 1. The van der Waals surface area contributed by atoms with Crippen molar-refractivity contribution in [1.82, 2.24) is 0 Å². The van der Waals surface area contributed by atoms with Crippen LogP contribution < -0.4 is 4.90 Å². The normalized spacial score (nSPS) is 28.3. The highest BCUT2D eigenvalue weighted by Crippen LogP contribution is 2.59. The lowest BCUT2D eigenvalue weighted by atomic mass is 9.70. The number of hydrogen-bond donors (Lipinski definition) is 0. The van der Waals surface area contributed by atoms with Crippen LogP contribution in [0.2, 0.25) is 0 Å². The number of carbonyl (C=O) groups is 1. The molecule has 2 aliphatic heterocycles. The minimum atomic E-state index is -0.343. The van der Waals surface area contributed by atoms with Crippen LogP contribution in [0.5, 0.6) is 0 Å². The van der Waals surface area contributed by atoms with Gasteiger partial charge in [-0.1, -0.05) is 36.4 Å². The summed E-state index contributed by atoms with van der Waals surface area (Å²) in [5.41, 5.74) is 5.55. The van der Waals surface area contributed by atoms with Crippen LogP contribution in [0, 0.1) is 22.0 Å². The van der Waals surface area contributed by atoms with Crippen LogP contribution in [0.3, 0.4) is 0 Å². The Morgan fingerprint density at radius 1 is 1.09 bits per heavy atom. The van der Waals surface area contributed by atoms with E-state index in [9.17, 15) is 14.9 Å². The predicted octanol–water partition coefficient (Wildman–Crippen LogP) is 5.67. The number of ether oxygens (including phenoxy) is 1. The molecule has 0 aromatic heterocycles. The number of carbonyl (C=O) groups excluding carboxylic acids is 1. The second kappa shape index (κ2) is 7.58. The standard InChI is InChI=1S/C27H26N2O4/c1-2-33-27(30)18-13-23-20-6-3-5-17(20)15-28-25(16-9-11-19(12-10-16)29(31)32)22-8-4-7-21(22)24(14-18)26(23)28/h3-4,6-7,9-14,17,20-22,25H,2,5,8,15H2,1H3/t17-,20-,21-,22+,25+/m1/s1. The number of nitro groups is 1. The fourth-order valence-electron chi connectivity index (χ4n) is 6.48. The number of hydrogen-bond acceptors (Lipinski definition) is 5. The Hall–Kier alpha value is -3.41. The summed E-state index contributed by atoms with van der Waals surface area (Å²) in [4.78, 5) is 26.1. The molecule has 2 aromatic rings. The van der Waals surface area contributed by atoms with E-state index in [1.807, 2.05) is 31.2 Å². The maximum Gasteiger partial charge on any atom is 0.338 e. The molecule has 0 bridgehead atoms. The van der Waals surface area contributed by atoms with E-state index >= 15 is 0 Å². The molecular weight excluding hydrogens is 416 g/mol. The predicted molar refractivity (Wildman–Crippen MR) is 126 cm³/mol. The molecular formula is C27H26N2O4. The molecule has 0 radical (unpaired) electrons. The van der Waals surface area contributed by atoms with Gasteiger partial charge in [0.15, 0.2) is 0 Å². The van der Waals surface area contributed by atoms with E-state index in [1.165, 1.54) is 16.8 Å². The summed E-state index contributed by atoms with van der Waals surface area (Å²) in [7, 11) is 0. The van der Waals surface area contributed by atoms with Crippen LogP contribution in [-0.2, 0) is 4.74 Å². The Morgan fingerprint density at radius 3 is 2.52 bits per heavy atom. The molecule has 0 N–H and O–H groups in total. The molecule has 2 heterocycles. The second-order valence-electron chi connectivity index (χ2n) is 9.47. The smallest absolute Gasteiger partial charge is 0.338 e. The van der Waals surface area contributed by atoms with Gasteiger partial charge in [0, 0.05) is 36.2 Å². The summed E-state index contributed by atoms with van der Waals surface area (Å²) in [5, 5.41) is 11.2. The van der Waals surface area contributed by atoms with E-state index in [0.29, 0.717) is 29.9 Å². The van der Waals surface area contributed by atoms with Crippen molar-refractivity contribution in [2.45, 2.75) is 37.6 Å². The summed E-state index contributed by atoms with van der Waals surface area (Å²) in [6.45, 7) is 3.14. The first kappa shape index (κ1) is 20.2. The van der Waals surface area contributed by atoms with Crippen LogP contribution in [0.1, 0.15) is 64.7 Å². The number of fused-ring (bicyclic) bond motifs is 4. The lowest BCUT2D eigenvalue weighted by molar-refractivity contribution is -0.384. The number of benzene rings is 2. The first-order valence-electron chi connectivity index (χ1n) is 11.8. The van der Waals surface area contributed by atoms with Crippen LogP contribution in [0.15, 0.2) is 60.7 Å². The van der Waals surface area contributed by atoms with Crippen LogP contribution >= 0.6 is 0 Å². The van der Waals surface area contributed by atoms with Gasteiger partial charge in [-0.05, 0) is 60.4 Å². The average Bonchev–Trinajstić information content (AvgIpc) is 3.49. The molecule has 4 aliphatic rings. The van der Waals surface area contributed by atoms with Crippen molar-refractivity contribution in [1.29, 1.82) is 0 Å². The van der Waals surface area contributed by atoms with E-state index in [0.717, 1.165) is 24.9 Å². The van der Waals surface area contributed by atoms with E-state index in [1.54, 1.807) is 12.1 Å². The van der Waals surface area contributed by atoms with Gasteiger partial charge in [-0.25, -0.2) is 4.79 Å². The monoisotopic (exact) mass is 442 g/mol. The lowest BCUT2D eigenvalue weighted by Crippen LogP contribution is -2.46. The van der Waals surface area contributed by atoms with E-state index < -0.39 is 0 Å². The number of non-ortho nitro benzene ring substituents is 1. The first-order chi connectivity index (χ1) is 16.1. The number of nitrogens with zero attached hydrogens (tertiary/aromatic N) is 2. The number of allylic oxidation sites excluding steroid dienone is 4. The minimum absolute atomic E-state index is 0.120. The molecule has 33 heavy (non-hydrogen) atoms. The van der Waals surface area contributed by atoms with Crippen molar-refractivity contribution in [3.05, 3.63) is 93.1 Å². The summed E-state index contributed by atoms with van der Waals surface area (Å²) >= 11 is 0. The Morgan fingerprint density at radius 2 is 1.79 bits per heavy atom. The third kappa shape index (κ3) is 3.04. The molecule has 0 amide bonds. The molecule has 2 aromatic carbocycles. The second-order valence-corrected chi connectivity index (χ2v) is 9.47. The highest BCUT2D eigenvalue weighted by Gasteiger charge is 2.48. The SMILES string of the molecule is CCOC(=O)c1cc2c3c(c1)[C@@H]1C=CC[C@@H]1[C@H](c1ccc([N+](=O)[O-])cc1)N3C[C@H]1CC=C[C@@H]21. The number of esters is 1.